The van der Waals surface area contributed by atoms with Gasteiger partial charge < -0.3 is 0 Å². The first-order valence-electron chi connectivity index (χ1n) is 4.00. The van der Waals surface area contributed by atoms with Crippen molar-refractivity contribution in [2.45, 2.75) is 38.9 Å². The van der Waals surface area contributed by atoms with Gasteiger partial charge in [-0.15, -0.1) is 0 Å². The van der Waals surface area contributed by atoms with Crippen LogP contribution in [0, 0.1) is 0 Å². The summed E-state index contributed by atoms with van der Waals surface area (Å²) in [5, 5.41) is 0.158. The van der Waals surface area contributed by atoms with E-state index in [0.29, 0.717) is 6.42 Å². The molecule has 11 heavy (non-hydrogen) atoms. The number of carbonyl (C=O) groups excluding carboxylic acids is 1. The second-order valence-electron chi connectivity index (χ2n) is 2.64. The van der Waals surface area contributed by atoms with Gasteiger partial charge in [0.05, 0.1) is 5.75 Å². The van der Waals surface area contributed by atoms with Crippen molar-refractivity contribution in [2.24, 2.45) is 0 Å². The Kier molecular flexibility index (Phi) is 5.38. The fourth-order valence-electron chi connectivity index (χ4n) is 0.589. The minimum atomic E-state index is -0.944. The highest BCUT2D eigenvalue weighted by molar-refractivity contribution is 7.86. The molecule has 0 fully saturated rings. The molecule has 0 bridgehead atoms. The van der Waals surface area contributed by atoms with E-state index in [9.17, 15) is 9.00 Å². The molecular weight excluding hydrogens is 160 g/mol. The Morgan fingerprint density at radius 3 is 2.36 bits per heavy atom. The van der Waals surface area contributed by atoms with Gasteiger partial charge in [0, 0.05) is 22.5 Å². The Morgan fingerprint density at radius 1 is 1.45 bits per heavy atom. The van der Waals surface area contributed by atoms with Gasteiger partial charge in [0.25, 0.3) is 0 Å². The van der Waals surface area contributed by atoms with Crippen molar-refractivity contribution in [3.05, 3.63) is 0 Å². The third kappa shape index (κ3) is 4.30. The maximum Gasteiger partial charge on any atom is 0.145 e. The normalized spacial score (nSPS) is 15.9. The van der Waals surface area contributed by atoms with Crippen LogP contribution in [-0.4, -0.2) is 21.0 Å². The van der Waals surface area contributed by atoms with E-state index in [-0.39, 0.29) is 16.8 Å². The summed E-state index contributed by atoms with van der Waals surface area (Å²) in [4.78, 5) is 10.8. The lowest BCUT2D eigenvalue weighted by Gasteiger charge is -2.06. The predicted octanol–water partition coefficient (Wildman–Crippen LogP) is 1.51. The Labute approximate surface area is 70.8 Å². The smallest absolute Gasteiger partial charge is 0.145 e. The lowest BCUT2D eigenvalue weighted by Crippen LogP contribution is -2.18. The Bertz CT molecular complexity index is 154. The average molecular weight is 176 g/mol. The zero-order chi connectivity index (χ0) is 8.85. The first-order valence-corrected chi connectivity index (χ1v) is 5.38. The highest BCUT2D eigenvalue weighted by Crippen LogP contribution is 2.01. The summed E-state index contributed by atoms with van der Waals surface area (Å²) >= 11 is 0. The van der Waals surface area contributed by atoms with Crippen molar-refractivity contribution < 1.29 is 9.00 Å². The maximum atomic E-state index is 11.2. The van der Waals surface area contributed by atoms with Crippen molar-refractivity contribution >= 4 is 16.6 Å². The first-order chi connectivity index (χ1) is 5.11. The minimum absolute atomic E-state index is 0.101. The van der Waals surface area contributed by atoms with E-state index < -0.39 is 10.8 Å². The first kappa shape index (κ1) is 10.8. The Hall–Kier alpha value is -0.180. The fourth-order valence-corrected chi connectivity index (χ4v) is 1.77. The fraction of sp³-hybridized carbons (Fsp3) is 0.875. The van der Waals surface area contributed by atoms with E-state index in [1.165, 1.54) is 0 Å². The zero-order valence-corrected chi connectivity index (χ0v) is 8.24. The molecule has 0 aliphatic rings. The molecule has 0 amide bonds. The summed E-state index contributed by atoms with van der Waals surface area (Å²) < 4.78 is 11.2. The molecule has 0 radical (unpaired) electrons. The lowest BCUT2D eigenvalue weighted by molar-refractivity contribution is -0.116. The van der Waals surface area contributed by atoms with Crippen LogP contribution in [0.5, 0.6) is 0 Å². The van der Waals surface area contributed by atoms with Gasteiger partial charge >= 0.3 is 0 Å². The summed E-state index contributed by atoms with van der Waals surface area (Å²) in [6.07, 6.45) is 1.38. The van der Waals surface area contributed by atoms with Crippen LogP contribution in [-0.2, 0) is 15.6 Å². The molecule has 0 N–H and O–H groups in total. The van der Waals surface area contributed by atoms with Gasteiger partial charge in [0.1, 0.15) is 5.78 Å². The quantitative estimate of drug-likeness (QED) is 0.636. The number of ketones is 1. The van der Waals surface area contributed by atoms with Crippen LogP contribution in [0.3, 0.4) is 0 Å². The number of Topliss-reactive ketones (excluding diaryl/α,β-unsaturated/α-hetero) is 1. The largest absolute Gasteiger partial charge is 0.299 e. The van der Waals surface area contributed by atoms with Crippen molar-refractivity contribution in [1.82, 2.24) is 0 Å². The highest BCUT2D eigenvalue weighted by Gasteiger charge is 2.11. The standard InChI is InChI=1S/C8H16O2S/c1-4-7(3)11(10)6-8(9)5-2/h7H,4-6H2,1-3H3. The molecule has 0 aromatic rings. The molecule has 0 aromatic carbocycles. The number of hydrogen-bond donors (Lipinski definition) is 0. The summed E-state index contributed by atoms with van der Waals surface area (Å²) in [5.74, 6) is 0.342. The van der Waals surface area contributed by atoms with E-state index in [1.54, 1.807) is 6.92 Å². The maximum absolute atomic E-state index is 11.2. The molecule has 66 valence electrons. The van der Waals surface area contributed by atoms with Crippen LogP contribution < -0.4 is 0 Å². The van der Waals surface area contributed by atoms with E-state index in [4.69, 9.17) is 0 Å². The second-order valence-corrected chi connectivity index (χ2v) is 4.49. The monoisotopic (exact) mass is 176 g/mol. The predicted molar refractivity (Wildman–Crippen MR) is 48.1 cm³/mol. The molecule has 2 atom stereocenters. The van der Waals surface area contributed by atoms with Gasteiger partial charge in [-0.2, -0.15) is 0 Å². The minimum Gasteiger partial charge on any atom is -0.299 e. The summed E-state index contributed by atoms with van der Waals surface area (Å²) in [5.41, 5.74) is 0. The van der Waals surface area contributed by atoms with Crippen LogP contribution in [0.4, 0.5) is 0 Å². The second kappa shape index (κ2) is 5.47. The van der Waals surface area contributed by atoms with Gasteiger partial charge in [-0.3, -0.25) is 9.00 Å². The van der Waals surface area contributed by atoms with Gasteiger partial charge in [-0.1, -0.05) is 20.8 Å². The van der Waals surface area contributed by atoms with E-state index in [1.807, 2.05) is 13.8 Å². The van der Waals surface area contributed by atoms with E-state index in [2.05, 4.69) is 0 Å². The van der Waals surface area contributed by atoms with Gasteiger partial charge in [0.2, 0.25) is 0 Å². The Balaban J connectivity index is 3.77. The molecule has 0 spiro atoms. The Morgan fingerprint density at radius 2 is 2.00 bits per heavy atom. The SMILES string of the molecule is CCC(=O)CS(=O)C(C)CC. The topological polar surface area (TPSA) is 34.1 Å². The van der Waals surface area contributed by atoms with Crippen molar-refractivity contribution in [1.29, 1.82) is 0 Å². The van der Waals surface area contributed by atoms with Crippen LogP contribution in [0.2, 0.25) is 0 Å². The van der Waals surface area contributed by atoms with E-state index >= 15 is 0 Å². The third-order valence-electron chi connectivity index (χ3n) is 1.72. The number of hydrogen-bond acceptors (Lipinski definition) is 2. The van der Waals surface area contributed by atoms with Crippen molar-refractivity contribution in [3.8, 4) is 0 Å². The van der Waals surface area contributed by atoms with Crippen molar-refractivity contribution in [2.75, 3.05) is 5.75 Å². The highest BCUT2D eigenvalue weighted by atomic mass is 32.2. The molecule has 0 aliphatic heterocycles. The lowest BCUT2D eigenvalue weighted by atomic mass is 10.3. The molecular formula is C8H16O2S. The average Bonchev–Trinajstić information content (AvgIpc) is 2.02. The van der Waals surface area contributed by atoms with Crippen LogP contribution in [0.15, 0.2) is 0 Å². The van der Waals surface area contributed by atoms with Gasteiger partial charge in [-0.05, 0) is 6.42 Å². The third-order valence-corrected chi connectivity index (χ3v) is 3.56. The summed E-state index contributed by atoms with van der Waals surface area (Å²) in [6, 6.07) is 0. The summed E-state index contributed by atoms with van der Waals surface area (Å²) in [6.45, 7) is 5.70. The zero-order valence-electron chi connectivity index (χ0n) is 7.42. The number of rotatable bonds is 5. The molecule has 0 heterocycles. The number of carbonyl (C=O) groups is 1. The van der Waals surface area contributed by atoms with Crippen molar-refractivity contribution in [3.63, 3.8) is 0 Å². The molecule has 0 saturated heterocycles. The molecule has 0 rings (SSSR count). The van der Waals surface area contributed by atoms with Gasteiger partial charge in [0.15, 0.2) is 0 Å². The molecule has 0 aliphatic carbocycles. The molecule has 2 nitrogen and oxygen atoms in total. The van der Waals surface area contributed by atoms with Crippen LogP contribution in [0.25, 0.3) is 0 Å². The molecule has 2 unspecified atom stereocenters. The van der Waals surface area contributed by atoms with Crippen LogP contribution >= 0.6 is 0 Å². The van der Waals surface area contributed by atoms with E-state index in [0.717, 1.165) is 6.42 Å². The van der Waals surface area contributed by atoms with Gasteiger partial charge in [-0.25, -0.2) is 0 Å². The van der Waals surface area contributed by atoms with Crippen LogP contribution in [0.1, 0.15) is 33.6 Å². The molecule has 0 saturated carbocycles. The molecule has 0 aromatic heterocycles. The molecule has 3 heteroatoms. The summed E-state index contributed by atoms with van der Waals surface area (Å²) in [7, 11) is -0.944.